The van der Waals surface area contributed by atoms with Crippen LogP contribution in [0.2, 0.25) is 0 Å². The number of likely N-dealkylation sites (N-methyl/N-ethyl adjacent to an activating group) is 1. The van der Waals surface area contributed by atoms with Crippen LogP contribution in [0.3, 0.4) is 0 Å². The van der Waals surface area contributed by atoms with E-state index >= 15 is 0 Å². The second-order valence-corrected chi connectivity index (χ2v) is 5.49. The van der Waals surface area contributed by atoms with Crippen LogP contribution in [0.4, 0.5) is 4.39 Å². The topological polar surface area (TPSA) is 41.6 Å². The van der Waals surface area contributed by atoms with Gasteiger partial charge in [-0.3, -0.25) is 4.79 Å². The minimum Gasteiger partial charge on any atom is -0.492 e. The molecular weight excluding hydrogens is 295 g/mol. The lowest BCUT2D eigenvalue weighted by Gasteiger charge is -2.11. The molecule has 1 N–H and O–H groups in total. The highest BCUT2D eigenvalue weighted by molar-refractivity contribution is 5.94. The third-order valence-electron chi connectivity index (χ3n) is 3.29. The number of hydrogen-bond donors (Lipinski definition) is 1. The number of ether oxygens (including phenoxy) is 1. The minimum absolute atomic E-state index is 0.226. The molecule has 0 aliphatic carbocycles. The van der Waals surface area contributed by atoms with E-state index in [4.69, 9.17) is 4.74 Å². The predicted molar refractivity (Wildman–Crippen MR) is 88.1 cm³/mol. The number of rotatable bonds is 7. The smallest absolute Gasteiger partial charge is 0.251 e. The largest absolute Gasteiger partial charge is 0.492 e. The summed E-state index contributed by atoms with van der Waals surface area (Å²) in [5.74, 6) is 0.225. The monoisotopic (exact) mass is 316 g/mol. The third-order valence-corrected chi connectivity index (χ3v) is 3.29. The second-order valence-electron chi connectivity index (χ2n) is 5.49. The Morgan fingerprint density at radius 2 is 1.74 bits per heavy atom. The Hall–Kier alpha value is -2.40. The quantitative estimate of drug-likeness (QED) is 0.854. The minimum atomic E-state index is -0.355. The number of hydrogen-bond acceptors (Lipinski definition) is 3. The van der Waals surface area contributed by atoms with Crippen molar-refractivity contribution in [2.45, 2.75) is 6.54 Å². The van der Waals surface area contributed by atoms with E-state index in [1.807, 2.05) is 38.4 Å². The van der Waals surface area contributed by atoms with Crippen LogP contribution in [0.5, 0.6) is 5.75 Å². The molecule has 0 aliphatic rings. The molecule has 0 heterocycles. The Bertz CT molecular complexity index is 624. The van der Waals surface area contributed by atoms with Crippen LogP contribution >= 0.6 is 0 Å². The molecule has 0 fully saturated rings. The summed E-state index contributed by atoms with van der Waals surface area (Å²) in [6.45, 7) is 1.90. The van der Waals surface area contributed by atoms with E-state index in [-0.39, 0.29) is 11.7 Å². The van der Waals surface area contributed by atoms with Crippen molar-refractivity contribution in [3.8, 4) is 5.75 Å². The predicted octanol–water partition coefficient (Wildman–Crippen LogP) is 2.70. The van der Waals surface area contributed by atoms with Crippen LogP contribution < -0.4 is 10.1 Å². The van der Waals surface area contributed by atoms with E-state index in [1.165, 1.54) is 24.3 Å². The summed E-state index contributed by atoms with van der Waals surface area (Å²) < 4.78 is 18.4. The van der Waals surface area contributed by atoms with Crippen molar-refractivity contribution in [3.63, 3.8) is 0 Å². The highest BCUT2D eigenvalue weighted by atomic mass is 19.1. The summed E-state index contributed by atoms with van der Waals surface area (Å²) in [4.78, 5) is 14.0. The average Bonchev–Trinajstić information content (AvgIpc) is 2.54. The zero-order chi connectivity index (χ0) is 16.7. The normalized spacial score (nSPS) is 10.6. The summed E-state index contributed by atoms with van der Waals surface area (Å²) in [5, 5.41) is 2.80. The van der Waals surface area contributed by atoms with Crippen LogP contribution in [-0.4, -0.2) is 38.1 Å². The van der Waals surface area contributed by atoms with E-state index in [0.717, 1.165) is 17.9 Å². The molecule has 0 saturated carbocycles. The molecular formula is C18H21FN2O2. The fraction of sp³-hybridized carbons (Fsp3) is 0.278. The first-order valence-electron chi connectivity index (χ1n) is 7.45. The fourth-order valence-electron chi connectivity index (χ4n) is 1.94. The molecule has 23 heavy (non-hydrogen) atoms. The Balaban J connectivity index is 1.81. The Labute approximate surface area is 135 Å². The molecule has 2 rings (SSSR count). The SMILES string of the molecule is CN(C)CCOc1ccc(CNC(=O)c2ccc(F)cc2)cc1. The second kappa shape index (κ2) is 8.29. The van der Waals surface area contributed by atoms with Crippen molar-refractivity contribution in [2.24, 2.45) is 0 Å². The van der Waals surface area contributed by atoms with Gasteiger partial charge in [0.15, 0.2) is 0 Å². The van der Waals surface area contributed by atoms with Crippen LogP contribution in [0, 0.1) is 5.82 Å². The van der Waals surface area contributed by atoms with E-state index in [9.17, 15) is 9.18 Å². The lowest BCUT2D eigenvalue weighted by Crippen LogP contribution is -2.22. The summed E-state index contributed by atoms with van der Waals surface area (Å²) >= 11 is 0. The van der Waals surface area contributed by atoms with Crippen molar-refractivity contribution < 1.29 is 13.9 Å². The molecule has 0 atom stereocenters. The van der Waals surface area contributed by atoms with Gasteiger partial charge in [-0.2, -0.15) is 0 Å². The van der Waals surface area contributed by atoms with Gasteiger partial charge in [0.25, 0.3) is 5.91 Å². The van der Waals surface area contributed by atoms with Gasteiger partial charge in [-0.1, -0.05) is 12.1 Å². The van der Waals surface area contributed by atoms with Crippen molar-refractivity contribution in [1.29, 1.82) is 0 Å². The van der Waals surface area contributed by atoms with E-state index in [1.54, 1.807) is 0 Å². The molecule has 0 spiro atoms. The Morgan fingerprint density at radius 3 is 2.35 bits per heavy atom. The standard InChI is InChI=1S/C18H21FN2O2/c1-21(2)11-12-23-17-9-3-14(4-10-17)13-20-18(22)15-5-7-16(19)8-6-15/h3-10H,11-13H2,1-2H3,(H,20,22). The maximum Gasteiger partial charge on any atom is 0.251 e. The lowest BCUT2D eigenvalue weighted by atomic mass is 10.2. The number of nitrogens with one attached hydrogen (secondary N) is 1. The van der Waals surface area contributed by atoms with Gasteiger partial charge in [-0.05, 0) is 56.1 Å². The first kappa shape index (κ1) is 17.0. The van der Waals surface area contributed by atoms with Crippen molar-refractivity contribution in [3.05, 3.63) is 65.5 Å². The molecule has 0 aromatic heterocycles. The molecule has 5 heteroatoms. The van der Waals surface area contributed by atoms with Gasteiger partial charge in [0.05, 0.1) is 0 Å². The average molecular weight is 316 g/mol. The van der Waals surface area contributed by atoms with E-state index in [0.29, 0.717) is 18.7 Å². The van der Waals surface area contributed by atoms with Crippen LogP contribution in [-0.2, 0) is 6.54 Å². The van der Waals surface area contributed by atoms with Gasteiger partial charge in [-0.25, -0.2) is 4.39 Å². The maximum absolute atomic E-state index is 12.8. The number of amides is 1. The summed E-state index contributed by atoms with van der Waals surface area (Å²) in [6.07, 6.45) is 0. The molecule has 0 unspecified atom stereocenters. The number of carbonyl (C=O) groups is 1. The Kier molecular flexibility index (Phi) is 6.11. The first-order valence-corrected chi connectivity index (χ1v) is 7.45. The molecule has 0 bridgehead atoms. The molecule has 0 radical (unpaired) electrons. The van der Waals surface area contributed by atoms with Gasteiger partial charge in [0.1, 0.15) is 18.2 Å². The zero-order valence-electron chi connectivity index (χ0n) is 13.4. The molecule has 0 aliphatic heterocycles. The van der Waals surface area contributed by atoms with Gasteiger partial charge in [0.2, 0.25) is 0 Å². The fourth-order valence-corrected chi connectivity index (χ4v) is 1.94. The van der Waals surface area contributed by atoms with Gasteiger partial charge < -0.3 is 15.0 Å². The molecule has 2 aromatic rings. The maximum atomic E-state index is 12.8. The van der Waals surface area contributed by atoms with Crippen LogP contribution in [0.25, 0.3) is 0 Å². The number of carbonyl (C=O) groups excluding carboxylic acids is 1. The van der Waals surface area contributed by atoms with Crippen molar-refractivity contribution in [2.75, 3.05) is 27.2 Å². The lowest BCUT2D eigenvalue weighted by molar-refractivity contribution is 0.0951. The highest BCUT2D eigenvalue weighted by Gasteiger charge is 2.05. The van der Waals surface area contributed by atoms with E-state index < -0.39 is 0 Å². The van der Waals surface area contributed by atoms with Gasteiger partial charge in [-0.15, -0.1) is 0 Å². The van der Waals surface area contributed by atoms with Crippen LogP contribution in [0.15, 0.2) is 48.5 Å². The summed E-state index contributed by atoms with van der Waals surface area (Å²) in [5.41, 5.74) is 1.41. The molecule has 122 valence electrons. The van der Waals surface area contributed by atoms with Crippen molar-refractivity contribution in [1.82, 2.24) is 10.2 Å². The van der Waals surface area contributed by atoms with Gasteiger partial charge >= 0.3 is 0 Å². The van der Waals surface area contributed by atoms with E-state index in [2.05, 4.69) is 10.2 Å². The number of halogens is 1. The highest BCUT2D eigenvalue weighted by Crippen LogP contribution is 2.12. The van der Waals surface area contributed by atoms with Gasteiger partial charge in [0, 0.05) is 18.7 Å². The van der Waals surface area contributed by atoms with Crippen LogP contribution in [0.1, 0.15) is 15.9 Å². The Morgan fingerprint density at radius 1 is 1.09 bits per heavy atom. The number of nitrogens with zero attached hydrogens (tertiary/aromatic N) is 1. The third kappa shape index (κ3) is 5.71. The molecule has 4 nitrogen and oxygen atoms in total. The number of benzene rings is 2. The van der Waals surface area contributed by atoms with Crippen molar-refractivity contribution >= 4 is 5.91 Å². The molecule has 0 saturated heterocycles. The molecule has 1 amide bonds. The zero-order valence-corrected chi connectivity index (χ0v) is 13.4. The summed E-state index contributed by atoms with van der Waals surface area (Å²) in [7, 11) is 3.99. The summed E-state index contributed by atoms with van der Waals surface area (Å²) in [6, 6.07) is 13.1. The first-order chi connectivity index (χ1) is 11.0. The molecule has 2 aromatic carbocycles.